The van der Waals surface area contributed by atoms with Crippen molar-refractivity contribution in [3.8, 4) is 11.1 Å². The van der Waals surface area contributed by atoms with E-state index in [1.165, 1.54) is 6.26 Å². The second kappa shape index (κ2) is 19.3. The molecular formula is C32H42N8O5S. The molecule has 0 radical (unpaired) electrons. The monoisotopic (exact) mass is 650 g/mol. The molecule has 0 fully saturated rings. The first-order valence-electron chi connectivity index (χ1n) is 14.6. The van der Waals surface area contributed by atoms with Crippen LogP contribution in [0.15, 0.2) is 88.5 Å². The number of aliphatic hydroxyl groups excluding tert-OH is 1. The third kappa shape index (κ3) is 11.8. The number of hydrogen-bond donors (Lipinski definition) is 5. The molecule has 14 heteroatoms. The van der Waals surface area contributed by atoms with E-state index in [2.05, 4.69) is 40.6 Å². The second-order valence-corrected chi connectivity index (χ2v) is 11.5. The number of amides is 2. The maximum Gasteiger partial charge on any atom is 0.442 e. The summed E-state index contributed by atoms with van der Waals surface area (Å²) in [7, 11) is -1.08. The Morgan fingerprint density at radius 3 is 2.28 bits per heavy atom. The fourth-order valence-electron chi connectivity index (χ4n) is 3.64. The van der Waals surface area contributed by atoms with Crippen molar-refractivity contribution in [2.45, 2.75) is 38.6 Å². The van der Waals surface area contributed by atoms with Gasteiger partial charge in [-0.2, -0.15) is 4.98 Å². The first kappa shape index (κ1) is 37.1. The summed E-state index contributed by atoms with van der Waals surface area (Å²) >= 11 is 0. The van der Waals surface area contributed by atoms with Gasteiger partial charge in [0.2, 0.25) is 12.4 Å². The minimum atomic E-state index is -2.93. The van der Waals surface area contributed by atoms with E-state index in [9.17, 15) is 18.9 Å². The van der Waals surface area contributed by atoms with Gasteiger partial charge in [-0.05, 0) is 67.9 Å². The highest BCUT2D eigenvalue weighted by molar-refractivity contribution is 7.93. The standard InChI is InChI=1S/C24H30N6O4S.C6H6N2O.C2H6/c1-5-34-24(32)30-35(4,33)20-12-10-19(11-13-20)28-23-26-14-21(22(29-23)27-16(2)15-31)17-6-8-18(25-3)9-7-17;9-5-8-6-2-1-3-7-4-6;1-2/h6-14,16,25,31H,5,15H2,1-4H3,(H2,26,27,28,29);1-5H,(H,8,9);1-2H3/t16-,35?;;/m1../s1. The first-order valence-corrected chi connectivity index (χ1v) is 16.5. The number of ether oxygens (including phenoxy) is 1. The lowest BCUT2D eigenvalue weighted by molar-refractivity contribution is -0.105. The number of nitrogens with one attached hydrogen (secondary N) is 4. The third-order valence-corrected chi connectivity index (χ3v) is 7.53. The topological polar surface area (TPSA) is 180 Å². The molecule has 2 aromatic carbocycles. The van der Waals surface area contributed by atoms with Crippen molar-refractivity contribution in [3.63, 3.8) is 0 Å². The third-order valence-electron chi connectivity index (χ3n) is 5.88. The number of carbonyl (C=O) groups is 2. The summed E-state index contributed by atoms with van der Waals surface area (Å²) in [5.74, 6) is 0.914. The second-order valence-electron chi connectivity index (χ2n) is 9.26. The highest BCUT2D eigenvalue weighted by atomic mass is 32.2. The minimum Gasteiger partial charge on any atom is -0.448 e. The maximum atomic E-state index is 12.8. The fraction of sp³-hybridized carbons (Fsp3) is 0.281. The molecule has 246 valence electrons. The molecule has 5 N–H and O–H groups in total. The normalized spacial score (nSPS) is 11.9. The molecule has 0 spiro atoms. The van der Waals surface area contributed by atoms with Crippen molar-refractivity contribution >= 4 is 51.1 Å². The highest BCUT2D eigenvalue weighted by Gasteiger charge is 2.14. The van der Waals surface area contributed by atoms with E-state index in [1.807, 2.05) is 52.1 Å². The van der Waals surface area contributed by atoms with Crippen LogP contribution < -0.4 is 21.3 Å². The molecule has 0 saturated carbocycles. The van der Waals surface area contributed by atoms with E-state index >= 15 is 0 Å². The molecule has 4 aromatic rings. The summed E-state index contributed by atoms with van der Waals surface area (Å²) in [4.78, 5) is 34.7. The number of anilines is 5. The Hall–Kier alpha value is -5.08. The van der Waals surface area contributed by atoms with Crippen LogP contribution in [-0.4, -0.2) is 69.3 Å². The van der Waals surface area contributed by atoms with E-state index in [0.717, 1.165) is 16.8 Å². The average Bonchev–Trinajstić information content (AvgIpc) is 3.07. The molecule has 1 unspecified atom stereocenters. The number of pyridine rings is 1. The Morgan fingerprint density at radius 1 is 1.04 bits per heavy atom. The summed E-state index contributed by atoms with van der Waals surface area (Å²) in [6.45, 7) is 7.62. The number of benzene rings is 2. The Morgan fingerprint density at radius 2 is 1.72 bits per heavy atom. The molecule has 2 atom stereocenters. The largest absolute Gasteiger partial charge is 0.448 e. The SMILES string of the molecule is CC.CCOC(=O)N=S(C)(=O)c1ccc(Nc2ncc(-c3ccc(NC)cc3)c(N[C@H](C)CO)n2)cc1.O=CNc1cccnc1. The minimum absolute atomic E-state index is 0.0560. The lowest BCUT2D eigenvalue weighted by Crippen LogP contribution is -2.21. The molecule has 0 aliphatic carbocycles. The Labute approximate surface area is 270 Å². The van der Waals surface area contributed by atoms with Crippen LogP contribution in [0.4, 0.5) is 33.6 Å². The molecule has 2 heterocycles. The van der Waals surface area contributed by atoms with Crippen LogP contribution >= 0.6 is 0 Å². The molecule has 46 heavy (non-hydrogen) atoms. The van der Waals surface area contributed by atoms with E-state index in [0.29, 0.717) is 34.4 Å². The van der Waals surface area contributed by atoms with Crippen LogP contribution in [0, 0.1) is 0 Å². The van der Waals surface area contributed by atoms with Crippen molar-refractivity contribution in [1.29, 1.82) is 0 Å². The van der Waals surface area contributed by atoms with Gasteiger partial charge >= 0.3 is 6.09 Å². The lowest BCUT2D eigenvalue weighted by atomic mass is 10.1. The van der Waals surface area contributed by atoms with Gasteiger partial charge in [0, 0.05) is 53.6 Å². The van der Waals surface area contributed by atoms with Gasteiger partial charge in [-0.25, -0.2) is 14.0 Å². The molecule has 0 saturated heterocycles. The van der Waals surface area contributed by atoms with Gasteiger partial charge in [-0.15, -0.1) is 4.36 Å². The lowest BCUT2D eigenvalue weighted by Gasteiger charge is -2.17. The zero-order chi connectivity index (χ0) is 34.0. The van der Waals surface area contributed by atoms with Gasteiger partial charge in [0.05, 0.1) is 34.8 Å². The number of rotatable bonds is 11. The highest BCUT2D eigenvalue weighted by Crippen LogP contribution is 2.29. The van der Waals surface area contributed by atoms with E-state index < -0.39 is 15.8 Å². The van der Waals surface area contributed by atoms with Crippen LogP contribution in [-0.2, 0) is 19.3 Å². The molecule has 2 aromatic heterocycles. The van der Waals surface area contributed by atoms with Crippen molar-refractivity contribution in [2.75, 3.05) is 47.8 Å². The van der Waals surface area contributed by atoms with E-state index in [4.69, 9.17) is 4.74 Å². The molecule has 0 aliphatic rings. The van der Waals surface area contributed by atoms with Crippen LogP contribution in [0.25, 0.3) is 11.1 Å². The molecule has 2 amide bonds. The zero-order valence-electron chi connectivity index (χ0n) is 26.9. The molecule has 13 nitrogen and oxygen atoms in total. The van der Waals surface area contributed by atoms with Gasteiger partial charge in [-0.1, -0.05) is 26.0 Å². The van der Waals surface area contributed by atoms with Crippen molar-refractivity contribution in [1.82, 2.24) is 15.0 Å². The zero-order valence-corrected chi connectivity index (χ0v) is 27.7. The number of carbonyl (C=O) groups excluding carboxylic acids is 2. The average molecular weight is 651 g/mol. The van der Waals surface area contributed by atoms with Crippen molar-refractivity contribution < 1.29 is 23.6 Å². The summed E-state index contributed by atoms with van der Waals surface area (Å²) in [5, 5.41) is 21.4. The van der Waals surface area contributed by atoms with Crippen molar-refractivity contribution in [3.05, 3.63) is 79.3 Å². The van der Waals surface area contributed by atoms with Crippen LogP contribution in [0.1, 0.15) is 27.7 Å². The molecular weight excluding hydrogens is 608 g/mol. The van der Waals surface area contributed by atoms with Crippen LogP contribution in [0.2, 0.25) is 0 Å². The summed E-state index contributed by atoms with van der Waals surface area (Å²) in [6, 6.07) is 17.8. The van der Waals surface area contributed by atoms with Gasteiger partial charge in [0.1, 0.15) is 5.82 Å². The van der Waals surface area contributed by atoms with Crippen LogP contribution in [0.3, 0.4) is 0 Å². The predicted molar refractivity (Wildman–Crippen MR) is 184 cm³/mol. The Kier molecular flexibility index (Phi) is 15.6. The number of nitrogens with zero attached hydrogens (tertiary/aromatic N) is 4. The number of aliphatic hydroxyl groups is 1. The van der Waals surface area contributed by atoms with E-state index in [1.54, 1.807) is 61.9 Å². The van der Waals surface area contributed by atoms with Crippen LogP contribution in [0.5, 0.6) is 0 Å². The van der Waals surface area contributed by atoms with Gasteiger partial charge in [0.15, 0.2) is 0 Å². The van der Waals surface area contributed by atoms with Gasteiger partial charge < -0.3 is 31.1 Å². The molecule has 0 aliphatic heterocycles. The first-order chi connectivity index (χ1) is 22.2. The Bertz CT molecular complexity index is 1630. The van der Waals surface area contributed by atoms with Crippen molar-refractivity contribution in [2.24, 2.45) is 4.36 Å². The fourth-order valence-corrected chi connectivity index (χ4v) is 4.72. The predicted octanol–water partition coefficient (Wildman–Crippen LogP) is 6.01. The number of hydrogen-bond acceptors (Lipinski definition) is 11. The maximum absolute atomic E-state index is 12.8. The molecule has 4 rings (SSSR count). The summed E-state index contributed by atoms with van der Waals surface area (Å²) in [5.41, 5.74) is 4.08. The Balaban J connectivity index is 0.000000569. The smallest absolute Gasteiger partial charge is 0.442 e. The van der Waals surface area contributed by atoms with E-state index in [-0.39, 0.29) is 19.3 Å². The summed E-state index contributed by atoms with van der Waals surface area (Å²) in [6.07, 6.45) is 6.09. The summed E-state index contributed by atoms with van der Waals surface area (Å²) < 4.78 is 21.2. The van der Waals surface area contributed by atoms with Gasteiger partial charge in [-0.3, -0.25) is 9.78 Å². The quantitative estimate of drug-likeness (QED) is 0.120. The molecule has 0 bridgehead atoms. The van der Waals surface area contributed by atoms with Gasteiger partial charge in [0.25, 0.3) is 0 Å². The number of aromatic nitrogens is 3.